The van der Waals surface area contributed by atoms with E-state index in [-0.39, 0.29) is 0 Å². The summed E-state index contributed by atoms with van der Waals surface area (Å²) in [5, 5.41) is 5.05. The van der Waals surface area contributed by atoms with Crippen LogP contribution in [-0.2, 0) is 0 Å². The SMILES string of the molecule is C=C(F)C=NN(C)C. The topological polar surface area (TPSA) is 15.6 Å². The van der Waals surface area contributed by atoms with Gasteiger partial charge >= 0.3 is 0 Å². The van der Waals surface area contributed by atoms with Crippen LogP contribution in [0.1, 0.15) is 0 Å². The Hall–Kier alpha value is -0.860. The van der Waals surface area contributed by atoms with Gasteiger partial charge in [-0.1, -0.05) is 6.58 Å². The smallest absolute Gasteiger partial charge is 0.136 e. The van der Waals surface area contributed by atoms with Gasteiger partial charge in [-0.05, 0) is 0 Å². The quantitative estimate of drug-likeness (QED) is 0.388. The van der Waals surface area contributed by atoms with Gasteiger partial charge in [-0.3, -0.25) is 0 Å². The highest BCUT2D eigenvalue weighted by atomic mass is 19.1. The van der Waals surface area contributed by atoms with E-state index in [0.29, 0.717) is 0 Å². The predicted molar refractivity (Wildman–Crippen MR) is 32.4 cm³/mol. The number of allylic oxidation sites excluding steroid dienone is 1. The summed E-state index contributed by atoms with van der Waals surface area (Å²) in [6, 6.07) is 0. The number of nitrogens with zero attached hydrogens (tertiary/aromatic N) is 2. The van der Waals surface area contributed by atoms with Crippen LogP contribution < -0.4 is 0 Å². The van der Waals surface area contributed by atoms with Crippen LogP contribution in [0.3, 0.4) is 0 Å². The maximum Gasteiger partial charge on any atom is 0.136 e. The van der Waals surface area contributed by atoms with E-state index >= 15 is 0 Å². The van der Waals surface area contributed by atoms with Crippen molar-refractivity contribution in [3.8, 4) is 0 Å². The monoisotopic (exact) mass is 116 g/mol. The van der Waals surface area contributed by atoms with E-state index in [9.17, 15) is 4.39 Å². The van der Waals surface area contributed by atoms with E-state index in [4.69, 9.17) is 0 Å². The van der Waals surface area contributed by atoms with Gasteiger partial charge in [0.05, 0.1) is 6.21 Å². The Morgan fingerprint density at radius 3 is 2.38 bits per heavy atom. The van der Waals surface area contributed by atoms with Gasteiger partial charge < -0.3 is 5.01 Å². The first-order valence-electron chi connectivity index (χ1n) is 2.18. The van der Waals surface area contributed by atoms with Crippen LogP contribution in [0.2, 0.25) is 0 Å². The predicted octanol–water partition coefficient (Wildman–Crippen LogP) is 1.02. The minimum absolute atomic E-state index is 0.529. The molecule has 8 heavy (non-hydrogen) atoms. The highest BCUT2D eigenvalue weighted by Crippen LogP contribution is 1.84. The van der Waals surface area contributed by atoms with Crippen molar-refractivity contribution in [2.24, 2.45) is 5.10 Å². The molecule has 0 heterocycles. The van der Waals surface area contributed by atoms with E-state index in [1.165, 1.54) is 5.01 Å². The zero-order chi connectivity index (χ0) is 6.57. The molecule has 0 rings (SSSR count). The molecule has 0 atom stereocenters. The van der Waals surface area contributed by atoms with Crippen molar-refractivity contribution in [1.29, 1.82) is 0 Å². The van der Waals surface area contributed by atoms with Crippen molar-refractivity contribution in [1.82, 2.24) is 5.01 Å². The van der Waals surface area contributed by atoms with Crippen molar-refractivity contribution in [2.75, 3.05) is 14.1 Å². The minimum Gasteiger partial charge on any atom is -0.303 e. The van der Waals surface area contributed by atoms with Crippen LogP contribution in [0.4, 0.5) is 4.39 Å². The van der Waals surface area contributed by atoms with Crippen molar-refractivity contribution in [2.45, 2.75) is 0 Å². The Morgan fingerprint density at radius 1 is 1.75 bits per heavy atom. The van der Waals surface area contributed by atoms with Gasteiger partial charge in [0.2, 0.25) is 0 Å². The van der Waals surface area contributed by atoms with Crippen molar-refractivity contribution >= 4 is 6.21 Å². The Labute approximate surface area is 48.3 Å². The molecule has 0 aromatic rings. The Balaban J connectivity index is 3.50. The summed E-state index contributed by atoms with van der Waals surface area (Å²) >= 11 is 0. The van der Waals surface area contributed by atoms with Crippen LogP contribution in [0.5, 0.6) is 0 Å². The second kappa shape index (κ2) is 3.18. The number of hydrogen-bond donors (Lipinski definition) is 0. The summed E-state index contributed by atoms with van der Waals surface area (Å²) in [7, 11) is 3.42. The first kappa shape index (κ1) is 7.14. The minimum atomic E-state index is -0.529. The molecular weight excluding hydrogens is 107 g/mol. The molecule has 3 heteroatoms. The van der Waals surface area contributed by atoms with E-state index in [0.717, 1.165) is 6.21 Å². The summed E-state index contributed by atoms with van der Waals surface area (Å²) in [4.78, 5) is 0. The first-order chi connectivity index (χ1) is 3.63. The second-order valence-electron chi connectivity index (χ2n) is 1.54. The third kappa shape index (κ3) is 5.14. The zero-order valence-corrected chi connectivity index (χ0v) is 5.06. The normalized spacial score (nSPS) is 9.88. The molecule has 46 valence electrons. The fraction of sp³-hybridized carbons (Fsp3) is 0.400. The molecular formula is C5H9FN2. The maximum absolute atomic E-state index is 11.7. The summed E-state index contributed by atoms with van der Waals surface area (Å²) in [6.07, 6.45) is 1.06. The number of hydrazone groups is 1. The number of halogens is 1. The molecule has 0 aromatic heterocycles. The molecule has 0 fully saturated rings. The van der Waals surface area contributed by atoms with Crippen LogP contribution >= 0.6 is 0 Å². The molecule has 0 bridgehead atoms. The van der Waals surface area contributed by atoms with Crippen LogP contribution in [0.25, 0.3) is 0 Å². The lowest BCUT2D eigenvalue weighted by molar-refractivity contribution is 0.439. The van der Waals surface area contributed by atoms with E-state index in [1.807, 2.05) is 0 Å². The van der Waals surface area contributed by atoms with Crippen LogP contribution in [0.15, 0.2) is 17.5 Å². The van der Waals surface area contributed by atoms with Crippen molar-refractivity contribution in [3.05, 3.63) is 12.4 Å². The Kier molecular flexibility index (Phi) is 2.84. The van der Waals surface area contributed by atoms with Gasteiger partial charge in [-0.2, -0.15) is 5.10 Å². The maximum atomic E-state index is 11.7. The van der Waals surface area contributed by atoms with Gasteiger partial charge in [0.1, 0.15) is 5.83 Å². The Bertz CT molecular complexity index is 107. The highest BCUT2D eigenvalue weighted by molar-refractivity contribution is 5.74. The molecule has 0 saturated heterocycles. The molecule has 0 unspecified atom stereocenters. The molecule has 0 radical (unpaired) electrons. The molecule has 0 aliphatic carbocycles. The second-order valence-corrected chi connectivity index (χ2v) is 1.54. The summed E-state index contributed by atoms with van der Waals surface area (Å²) < 4.78 is 11.7. The lowest BCUT2D eigenvalue weighted by Gasteiger charge is -1.99. The zero-order valence-electron chi connectivity index (χ0n) is 5.06. The van der Waals surface area contributed by atoms with E-state index in [2.05, 4.69) is 11.7 Å². The van der Waals surface area contributed by atoms with Gasteiger partial charge in [0.15, 0.2) is 0 Å². The fourth-order valence-corrected chi connectivity index (χ4v) is 0.178. The van der Waals surface area contributed by atoms with Gasteiger partial charge in [-0.15, -0.1) is 0 Å². The number of rotatable bonds is 2. The van der Waals surface area contributed by atoms with Gasteiger partial charge in [0, 0.05) is 14.1 Å². The molecule has 0 amide bonds. The third-order valence-electron chi connectivity index (χ3n) is 0.429. The molecule has 0 aromatic carbocycles. The average molecular weight is 116 g/mol. The molecule has 0 aliphatic heterocycles. The van der Waals surface area contributed by atoms with Gasteiger partial charge in [-0.25, -0.2) is 4.39 Å². The molecule has 0 N–H and O–H groups in total. The summed E-state index contributed by atoms with van der Waals surface area (Å²) in [5.74, 6) is -0.529. The van der Waals surface area contributed by atoms with E-state index < -0.39 is 5.83 Å². The first-order valence-corrected chi connectivity index (χ1v) is 2.18. The van der Waals surface area contributed by atoms with E-state index in [1.54, 1.807) is 14.1 Å². The average Bonchev–Trinajstić information content (AvgIpc) is 1.61. The highest BCUT2D eigenvalue weighted by Gasteiger charge is 1.79. The van der Waals surface area contributed by atoms with Crippen molar-refractivity contribution < 1.29 is 4.39 Å². The molecule has 2 nitrogen and oxygen atoms in total. The molecule has 0 saturated carbocycles. The molecule has 0 aliphatic rings. The van der Waals surface area contributed by atoms with Gasteiger partial charge in [0.25, 0.3) is 0 Å². The lowest BCUT2D eigenvalue weighted by Crippen LogP contribution is -2.01. The largest absolute Gasteiger partial charge is 0.303 e. The van der Waals surface area contributed by atoms with Crippen LogP contribution in [0, 0.1) is 0 Å². The third-order valence-corrected chi connectivity index (χ3v) is 0.429. The lowest BCUT2D eigenvalue weighted by atomic mass is 10.7. The summed E-state index contributed by atoms with van der Waals surface area (Å²) in [5.41, 5.74) is 0. The Morgan fingerprint density at radius 2 is 2.25 bits per heavy atom. The summed E-state index contributed by atoms with van der Waals surface area (Å²) in [6.45, 7) is 2.98. The fourth-order valence-electron chi connectivity index (χ4n) is 0.178. The standard InChI is InChI=1S/C5H9FN2/c1-5(6)4-7-8(2)3/h4H,1H2,2-3H3. The van der Waals surface area contributed by atoms with Crippen LogP contribution in [-0.4, -0.2) is 25.3 Å². The van der Waals surface area contributed by atoms with Crippen molar-refractivity contribution in [3.63, 3.8) is 0 Å². The number of hydrogen-bond acceptors (Lipinski definition) is 2. The molecule has 0 spiro atoms.